The minimum Gasteiger partial charge on any atom is -0.493 e. The maximum absolute atomic E-state index is 13.2. The van der Waals surface area contributed by atoms with Crippen molar-refractivity contribution in [3.05, 3.63) is 95.2 Å². The van der Waals surface area contributed by atoms with E-state index in [9.17, 15) is 14.4 Å². The molecule has 0 N–H and O–H groups in total. The summed E-state index contributed by atoms with van der Waals surface area (Å²) in [5.74, 6) is 0.186. The van der Waals surface area contributed by atoms with Gasteiger partial charge in [0.15, 0.2) is 0 Å². The molecule has 11 heteroatoms. The maximum atomic E-state index is 13.2. The molecule has 45 heavy (non-hydrogen) atoms. The summed E-state index contributed by atoms with van der Waals surface area (Å²) in [6.45, 7) is 8.92. The van der Waals surface area contributed by atoms with Crippen LogP contribution in [0.1, 0.15) is 32.8 Å². The van der Waals surface area contributed by atoms with Crippen molar-refractivity contribution in [2.75, 3.05) is 43.1 Å². The third-order valence-electron chi connectivity index (χ3n) is 8.09. The molecule has 1 aliphatic rings. The molecule has 2 aromatic heterocycles. The Balaban J connectivity index is 0.00000276. The van der Waals surface area contributed by atoms with Crippen LogP contribution in [0.2, 0.25) is 0 Å². The summed E-state index contributed by atoms with van der Waals surface area (Å²) in [6.07, 6.45) is 6.25. The summed E-state index contributed by atoms with van der Waals surface area (Å²) in [5.41, 5.74) is 1.32. The minimum atomic E-state index is -1.15. The molecule has 1 aliphatic heterocycles. The second kappa shape index (κ2) is 15.4. The molecule has 0 fully saturated rings. The Labute approximate surface area is 276 Å². The van der Waals surface area contributed by atoms with Crippen LogP contribution in [0.15, 0.2) is 84.0 Å². The van der Waals surface area contributed by atoms with Crippen LogP contribution in [-0.2, 0) is 22.7 Å². The number of hydrogen-bond acceptors (Lipinski definition) is 6. The number of aromatic nitrogens is 2. The van der Waals surface area contributed by atoms with E-state index in [1.54, 1.807) is 41.5 Å². The van der Waals surface area contributed by atoms with Gasteiger partial charge in [-0.2, -0.15) is 0 Å². The highest BCUT2D eigenvalue weighted by Gasteiger charge is 2.45. The number of fused-ring (bicyclic) bond motifs is 2. The quantitative estimate of drug-likeness (QED) is 0.155. The van der Waals surface area contributed by atoms with Gasteiger partial charge in [0.1, 0.15) is 11.2 Å². The highest BCUT2D eigenvalue weighted by atomic mass is 35.5. The van der Waals surface area contributed by atoms with Gasteiger partial charge < -0.3 is 19.1 Å². The number of carbonyl (C=O) groups is 2. The van der Waals surface area contributed by atoms with Crippen LogP contribution in [-0.4, -0.2) is 59.6 Å². The van der Waals surface area contributed by atoms with Gasteiger partial charge in [0, 0.05) is 69.8 Å². The van der Waals surface area contributed by atoms with E-state index in [0.29, 0.717) is 49.9 Å². The molecule has 0 radical (unpaired) electrons. The van der Waals surface area contributed by atoms with Crippen molar-refractivity contribution in [1.82, 2.24) is 14.5 Å². The molecule has 0 aliphatic carbocycles. The first kappa shape index (κ1) is 35.6. The molecule has 5 rings (SSSR count). The van der Waals surface area contributed by atoms with Crippen LogP contribution in [0.3, 0.4) is 0 Å². The minimum absolute atomic E-state index is 0. The Morgan fingerprint density at radius 2 is 1.69 bits per heavy atom. The number of halogens is 2. The average Bonchev–Trinajstić information content (AvgIpc) is 3.07. The van der Waals surface area contributed by atoms with Crippen molar-refractivity contribution in [3.63, 3.8) is 0 Å². The second-order valence-corrected chi connectivity index (χ2v) is 11.4. The largest absolute Gasteiger partial charge is 0.493 e. The van der Waals surface area contributed by atoms with Crippen molar-refractivity contribution < 1.29 is 14.3 Å². The van der Waals surface area contributed by atoms with Crippen LogP contribution in [0, 0.1) is 5.41 Å². The first-order valence-corrected chi connectivity index (χ1v) is 14.8. The lowest BCUT2D eigenvalue weighted by Gasteiger charge is -2.27. The number of rotatable bonds is 11. The van der Waals surface area contributed by atoms with Crippen LogP contribution in [0.4, 0.5) is 11.4 Å². The van der Waals surface area contributed by atoms with Gasteiger partial charge in [0.05, 0.1) is 18.0 Å². The zero-order chi connectivity index (χ0) is 30.6. The van der Waals surface area contributed by atoms with Crippen LogP contribution in [0.5, 0.6) is 5.75 Å². The lowest BCUT2D eigenvalue weighted by Crippen LogP contribution is -2.47. The molecule has 9 nitrogen and oxygen atoms in total. The molecular weight excluding hydrogens is 613 g/mol. The predicted molar refractivity (Wildman–Crippen MR) is 184 cm³/mol. The molecule has 0 saturated heterocycles. The molecule has 0 unspecified atom stereocenters. The summed E-state index contributed by atoms with van der Waals surface area (Å²) in [5, 5.41) is 1.67. The van der Waals surface area contributed by atoms with Gasteiger partial charge in [0.2, 0.25) is 11.8 Å². The van der Waals surface area contributed by atoms with Gasteiger partial charge in [-0.1, -0.05) is 24.3 Å². The Hall–Kier alpha value is -3.92. The summed E-state index contributed by atoms with van der Waals surface area (Å²) < 4.78 is 7.91. The van der Waals surface area contributed by atoms with Crippen molar-refractivity contribution in [1.29, 1.82) is 0 Å². The second-order valence-electron chi connectivity index (χ2n) is 11.4. The molecule has 2 amide bonds. The molecule has 240 valence electrons. The number of hydrogen-bond donors (Lipinski definition) is 0. The molecule has 0 bridgehead atoms. The third kappa shape index (κ3) is 7.66. The van der Waals surface area contributed by atoms with E-state index < -0.39 is 5.41 Å². The zero-order valence-corrected chi connectivity index (χ0v) is 27.8. The van der Waals surface area contributed by atoms with E-state index in [0.717, 1.165) is 29.3 Å². The zero-order valence-electron chi connectivity index (χ0n) is 26.1. The Bertz CT molecular complexity index is 1680. The van der Waals surface area contributed by atoms with E-state index in [1.165, 1.54) is 0 Å². The fourth-order valence-corrected chi connectivity index (χ4v) is 5.62. The van der Waals surface area contributed by atoms with Gasteiger partial charge in [-0.3, -0.25) is 24.3 Å². The van der Waals surface area contributed by atoms with E-state index >= 15 is 0 Å². The number of amides is 2. The molecule has 2 aromatic carbocycles. The lowest BCUT2D eigenvalue weighted by atomic mass is 9.90. The monoisotopic (exact) mass is 653 g/mol. The third-order valence-corrected chi connectivity index (χ3v) is 8.09. The van der Waals surface area contributed by atoms with Crippen LogP contribution < -0.4 is 20.1 Å². The molecule has 0 atom stereocenters. The number of carbonyl (C=O) groups excluding carboxylic acids is 2. The Kier molecular flexibility index (Phi) is 12.2. The van der Waals surface area contributed by atoms with E-state index in [-0.39, 0.29) is 42.2 Å². The lowest BCUT2D eigenvalue weighted by molar-refractivity contribution is -0.137. The number of benzene rings is 2. The number of nitrogens with zero attached hydrogens (tertiary/aromatic N) is 5. The number of ether oxygens (including phenoxy) is 1. The summed E-state index contributed by atoms with van der Waals surface area (Å²) in [6, 6.07) is 19.2. The summed E-state index contributed by atoms with van der Waals surface area (Å²) >= 11 is 0. The van der Waals surface area contributed by atoms with Gasteiger partial charge in [0.25, 0.3) is 5.56 Å². The van der Waals surface area contributed by atoms with Crippen molar-refractivity contribution in [2.24, 2.45) is 5.41 Å². The number of anilines is 2. The van der Waals surface area contributed by atoms with Crippen LogP contribution >= 0.6 is 24.8 Å². The Morgan fingerprint density at radius 1 is 0.911 bits per heavy atom. The smallest absolute Gasteiger partial charge is 0.258 e. The maximum Gasteiger partial charge on any atom is 0.258 e. The number of pyridine rings is 2. The van der Waals surface area contributed by atoms with Crippen molar-refractivity contribution >= 4 is 58.8 Å². The highest BCUT2D eigenvalue weighted by molar-refractivity contribution is 6.20. The predicted octanol–water partition coefficient (Wildman–Crippen LogP) is 5.57. The topological polar surface area (TPSA) is 88.0 Å². The standard InChI is InChI=1S/C34H39N5O4.2ClH/c1-5-39-29-14-13-27(22-30(29)36(4)32(41)34(2,3)33(39)42)43-21-9-17-37(24-25-10-8-16-35-23-25)19-20-38-18-15-26-11-6-7-12-28(26)31(38)40;;/h6-8,10-16,18,22-23H,5,9,17,19-21,24H2,1-4H3;2*1H. The molecule has 3 heterocycles. The average molecular weight is 655 g/mol. The fourth-order valence-electron chi connectivity index (χ4n) is 5.62. The van der Waals surface area contributed by atoms with Gasteiger partial charge in [-0.25, -0.2) is 0 Å². The van der Waals surface area contributed by atoms with E-state index in [4.69, 9.17) is 4.74 Å². The molecule has 0 spiro atoms. The first-order valence-electron chi connectivity index (χ1n) is 14.8. The highest BCUT2D eigenvalue weighted by Crippen LogP contribution is 2.40. The van der Waals surface area contributed by atoms with Gasteiger partial charge in [-0.05, 0) is 68.5 Å². The van der Waals surface area contributed by atoms with Gasteiger partial charge in [-0.15, -0.1) is 24.8 Å². The first-order chi connectivity index (χ1) is 20.7. The van der Waals surface area contributed by atoms with Crippen molar-refractivity contribution in [2.45, 2.75) is 40.3 Å². The summed E-state index contributed by atoms with van der Waals surface area (Å²) in [4.78, 5) is 49.1. The summed E-state index contributed by atoms with van der Waals surface area (Å²) in [7, 11) is 1.70. The normalized spacial score (nSPS) is 14.1. The van der Waals surface area contributed by atoms with E-state index in [2.05, 4.69) is 16.0 Å². The van der Waals surface area contributed by atoms with Gasteiger partial charge >= 0.3 is 0 Å². The SMILES string of the molecule is CCN1C(=O)C(C)(C)C(=O)N(C)c2cc(OCCCN(CCn3ccc4ccccc4c3=O)Cc3cccnc3)ccc21.Cl.Cl. The van der Waals surface area contributed by atoms with Crippen LogP contribution in [0.25, 0.3) is 10.8 Å². The Morgan fingerprint density at radius 3 is 2.42 bits per heavy atom. The van der Waals surface area contributed by atoms with E-state index in [1.807, 2.05) is 73.9 Å². The fraction of sp³-hybridized carbons (Fsp3) is 0.353. The molecule has 0 saturated carbocycles. The van der Waals surface area contributed by atoms with Crippen molar-refractivity contribution in [3.8, 4) is 5.75 Å². The molecule has 4 aromatic rings. The molecular formula is C34H41Cl2N5O4.